The molecular weight excluding hydrogens is 555 g/mol. The third-order valence-corrected chi connectivity index (χ3v) is 6.08. The number of methoxy groups -OCH3 is 1. The van der Waals surface area contributed by atoms with Gasteiger partial charge in [-0.1, -0.05) is 48.5 Å². The van der Waals surface area contributed by atoms with Crippen molar-refractivity contribution in [1.82, 2.24) is 4.90 Å². The van der Waals surface area contributed by atoms with Crippen LogP contribution >= 0.6 is 0 Å². The molecule has 0 spiro atoms. The molecule has 9 nitrogen and oxygen atoms in total. The lowest BCUT2D eigenvalue weighted by molar-refractivity contribution is -0.192. The number of hydrogen-bond donors (Lipinski definition) is 3. The molecule has 0 aliphatic carbocycles. The number of carbonyl (C=O) groups is 2. The summed E-state index contributed by atoms with van der Waals surface area (Å²) < 4.78 is 48.8. The van der Waals surface area contributed by atoms with Crippen LogP contribution in [0, 0.1) is 0 Å². The van der Waals surface area contributed by atoms with Gasteiger partial charge in [0.15, 0.2) is 6.10 Å². The van der Waals surface area contributed by atoms with Crippen molar-refractivity contribution in [2.45, 2.75) is 18.7 Å². The number of carbonyl (C=O) groups excluding carboxylic acids is 1. The Morgan fingerprint density at radius 1 is 1.02 bits per heavy atom. The van der Waals surface area contributed by atoms with Gasteiger partial charge in [0.2, 0.25) is 0 Å². The molecule has 42 heavy (non-hydrogen) atoms. The van der Waals surface area contributed by atoms with Gasteiger partial charge in [0.25, 0.3) is 0 Å². The second-order valence-electron chi connectivity index (χ2n) is 9.14. The van der Waals surface area contributed by atoms with Gasteiger partial charge in [0, 0.05) is 25.3 Å². The number of rotatable bonds is 9. The summed E-state index contributed by atoms with van der Waals surface area (Å²) in [6.45, 7) is 2.42. The molecule has 0 radical (unpaired) electrons. The Hall–Kier alpha value is -4.71. The Labute approximate surface area is 241 Å². The van der Waals surface area contributed by atoms with Crippen LogP contribution < -0.4 is 20.5 Å². The minimum Gasteiger partial charge on any atom is -0.495 e. The lowest BCUT2D eigenvalue weighted by atomic mass is 9.99. The monoisotopic (exact) mass is 587 g/mol. The van der Waals surface area contributed by atoms with Crippen molar-refractivity contribution in [2.24, 2.45) is 0 Å². The predicted molar refractivity (Wildman–Crippen MR) is 152 cm³/mol. The fourth-order valence-electron chi connectivity index (χ4n) is 4.00. The van der Waals surface area contributed by atoms with Gasteiger partial charge in [-0.05, 0) is 54.0 Å². The number of benzene rings is 3. The lowest BCUT2D eigenvalue weighted by Gasteiger charge is -2.30. The number of amides is 1. The summed E-state index contributed by atoms with van der Waals surface area (Å²) in [5.74, 6) is -1.52. The Bertz CT molecular complexity index is 1330. The second-order valence-corrected chi connectivity index (χ2v) is 9.14. The van der Waals surface area contributed by atoms with Gasteiger partial charge in [0.05, 0.1) is 12.8 Å². The molecule has 1 amide bonds. The molecule has 0 saturated heterocycles. The average Bonchev–Trinajstić information content (AvgIpc) is 2.97. The summed E-state index contributed by atoms with van der Waals surface area (Å²) in [5.41, 5.74) is 9.57. The van der Waals surface area contributed by atoms with E-state index in [0.29, 0.717) is 29.4 Å². The third-order valence-electron chi connectivity index (χ3n) is 6.08. The molecule has 1 aliphatic heterocycles. The number of nitrogens with two attached hydrogens (primary N) is 1. The van der Waals surface area contributed by atoms with Gasteiger partial charge < -0.3 is 25.1 Å². The van der Waals surface area contributed by atoms with E-state index in [-0.39, 0.29) is 6.61 Å². The SMILES string of the molecule is COc1ccccc1NC(=O)OC(COc1ccc(N)cc1)CN1CC=C(c2ccccc2)CC1.O=C(O)C(F)(F)F. The number of ether oxygens (including phenoxy) is 3. The van der Waals surface area contributed by atoms with E-state index in [1.54, 1.807) is 43.5 Å². The highest BCUT2D eigenvalue weighted by Gasteiger charge is 2.38. The van der Waals surface area contributed by atoms with Gasteiger partial charge in [-0.15, -0.1) is 0 Å². The van der Waals surface area contributed by atoms with E-state index in [9.17, 15) is 18.0 Å². The molecule has 3 aromatic carbocycles. The fourth-order valence-corrected chi connectivity index (χ4v) is 4.00. The highest BCUT2D eigenvalue weighted by atomic mass is 19.4. The van der Waals surface area contributed by atoms with Crippen molar-refractivity contribution in [1.29, 1.82) is 0 Å². The first-order chi connectivity index (χ1) is 20.0. The van der Waals surface area contributed by atoms with Crippen LogP contribution in [-0.2, 0) is 9.53 Å². The quantitative estimate of drug-likeness (QED) is 0.273. The first kappa shape index (κ1) is 31.8. The zero-order valence-corrected chi connectivity index (χ0v) is 22.8. The summed E-state index contributed by atoms with van der Waals surface area (Å²) in [6, 6.07) is 24.8. The Balaban J connectivity index is 0.000000616. The highest BCUT2D eigenvalue weighted by Crippen LogP contribution is 2.24. The normalized spacial score (nSPS) is 14.0. The molecule has 4 N–H and O–H groups in total. The molecule has 224 valence electrons. The topological polar surface area (TPSA) is 123 Å². The van der Waals surface area contributed by atoms with E-state index in [2.05, 4.69) is 40.6 Å². The van der Waals surface area contributed by atoms with Crippen LogP contribution in [0.5, 0.6) is 11.5 Å². The maximum atomic E-state index is 12.7. The van der Waals surface area contributed by atoms with Crippen LogP contribution in [0.15, 0.2) is 84.9 Å². The average molecular weight is 588 g/mol. The number of carboxylic acids is 1. The van der Waals surface area contributed by atoms with E-state index >= 15 is 0 Å². The number of nitrogens with one attached hydrogen (secondary N) is 1. The van der Waals surface area contributed by atoms with E-state index in [1.165, 1.54) is 11.1 Å². The van der Waals surface area contributed by atoms with Crippen LogP contribution in [0.2, 0.25) is 0 Å². The van der Waals surface area contributed by atoms with Gasteiger partial charge in [-0.3, -0.25) is 10.2 Å². The summed E-state index contributed by atoms with van der Waals surface area (Å²) in [7, 11) is 1.56. The lowest BCUT2D eigenvalue weighted by Crippen LogP contribution is -2.41. The molecule has 0 aromatic heterocycles. The molecule has 1 aliphatic rings. The maximum Gasteiger partial charge on any atom is 0.490 e. The number of carboxylic acid groups (broad SMARTS) is 1. The van der Waals surface area contributed by atoms with Crippen molar-refractivity contribution >= 4 is 29.0 Å². The molecule has 3 aromatic rings. The zero-order valence-electron chi connectivity index (χ0n) is 22.8. The van der Waals surface area contributed by atoms with Crippen LogP contribution in [0.4, 0.5) is 29.3 Å². The molecule has 0 fully saturated rings. The van der Waals surface area contributed by atoms with Crippen LogP contribution in [0.3, 0.4) is 0 Å². The van der Waals surface area contributed by atoms with Crippen molar-refractivity contribution in [3.05, 3.63) is 90.5 Å². The number of anilines is 2. The smallest absolute Gasteiger partial charge is 0.490 e. The number of nitrogens with zero attached hydrogens (tertiary/aromatic N) is 1. The van der Waals surface area contributed by atoms with Gasteiger partial charge in [-0.2, -0.15) is 13.2 Å². The predicted octanol–water partition coefficient (Wildman–Crippen LogP) is 5.70. The largest absolute Gasteiger partial charge is 0.495 e. The number of aliphatic carboxylic acids is 1. The summed E-state index contributed by atoms with van der Waals surface area (Å²) in [6.07, 6.45) is -2.94. The number of nitrogen functional groups attached to an aromatic ring is 1. The summed E-state index contributed by atoms with van der Waals surface area (Å²) in [4.78, 5) is 23.9. The highest BCUT2D eigenvalue weighted by molar-refractivity contribution is 5.86. The van der Waals surface area contributed by atoms with Crippen LogP contribution in [0.25, 0.3) is 5.57 Å². The molecular formula is C30H32F3N3O6. The number of alkyl halides is 3. The van der Waals surface area contributed by atoms with Crippen molar-refractivity contribution in [2.75, 3.05) is 44.4 Å². The molecule has 12 heteroatoms. The first-order valence-electron chi connectivity index (χ1n) is 12.9. The minimum atomic E-state index is -5.08. The number of halogens is 3. The number of hydrogen-bond acceptors (Lipinski definition) is 7. The molecule has 4 rings (SSSR count). The Morgan fingerprint density at radius 2 is 1.67 bits per heavy atom. The van der Waals surface area contributed by atoms with E-state index in [4.69, 9.17) is 29.8 Å². The molecule has 1 atom stereocenters. The molecule has 1 unspecified atom stereocenters. The first-order valence-corrected chi connectivity index (χ1v) is 12.9. The van der Waals surface area contributed by atoms with Crippen LogP contribution in [-0.4, -0.2) is 67.7 Å². The molecule has 1 heterocycles. The van der Waals surface area contributed by atoms with E-state index in [0.717, 1.165) is 19.5 Å². The van der Waals surface area contributed by atoms with Crippen molar-refractivity contribution < 1.29 is 42.1 Å². The van der Waals surface area contributed by atoms with Gasteiger partial charge in [-0.25, -0.2) is 9.59 Å². The Kier molecular flexibility index (Phi) is 11.6. The van der Waals surface area contributed by atoms with E-state index in [1.807, 2.05) is 18.2 Å². The van der Waals surface area contributed by atoms with E-state index < -0.39 is 24.3 Å². The molecule has 0 bridgehead atoms. The zero-order chi connectivity index (χ0) is 30.5. The minimum absolute atomic E-state index is 0.217. The third kappa shape index (κ3) is 10.4. The summed E-state index contributed by atoms with van der Waals surface area (Å²) >= 11 is 0. The number of para-hydroxylation sites is 2. The van der Waals surface area contributed by atoms with Gasteiger partial charge in [0.1, 0.15) is 18.1 Å². The van der Waals surface area contributed by atoms with Crippen molar-refractivity contribution in [3.8, 4) is 11.5 Å². The maximum absolute atomic E-state index is 12.7. The van der Waals surface area contributed by atoms with Gasteiger partial charge >= 0.3 is 18.2 Å². The molecule has 0 saturated carbocycles. The second kappa shape index (κ2) is 15.3. The van der Waals surface area contributed by atoms with Crippen LogP contribution in [0.1, 0.15) is 12.0 Å². The fraction of sp³-hybridized carbons (Fsp3) is 0.267. The Morgan fingerprint density at radius 3 is 2.26 bits per heavy atom. The summed E-state index contributed by atoms with van der Waals surface area (Å²) in [5, 5.41) is 9.90. The van der Waals surface area contributed by atoms with Crippen molar-refractivity contribution in [3.63, 3.8) is 0 Å². The standard InChI is InChI=1S/C28H31N3O4.C2HF3O2/c1-33-27-10-6-5-9-26(27)30-28(32)35-25(20-34-24-13-11-23(29)12-14-24)19-31-17-15-22(16-18-31)21-7-3-2-4-8-21;3-2(4,5)1(6)7/h2-15,25H,16-20,29H2,1H3,(H,30,32);(H,6,7).